The van der Waals surface area contributed by atoms with Crippen LogP contribution in [0.2, 0.25) is 0 Å². The molecule has 2 aliphatic rings. The Balaban J connectivity index is 1.98. The van der Waals surface area contributed by atoms with E-state index in [0.717, 1.165) is 31.1 Å². The van der Waals surface area contributed by atoms with Gasteiger partial charge in [0.1, 0.15) is 0 Å². The first-order valence-electron chi connectivity index (χ1n) is 7.21. The van der Waals surface area contributed by atoms with E-state index in [0.29, 0.717) is 18.0 Å². The van der Waals surface area contributed by atoms with Crippen molar-refractivity contribution in [3.8, 4) is 0 Å². The van der Waals surface area contributed by atoms with Crippen molar-refractivity contribution < 1.29 is 8.42 Å². The summed E-state index contributed by atoms with van der Waals surface area (Å²) < 4.78 is 27.3. The van der Waals surface area contributed by atoms with Gasteiger partial charge >= 0.3 is 0 Å². The van der Waals surface area contributed by atoms with Crippen LogP contribution in [0.25, 0.3) is 10.8 Å². The third-order valence-corrected chi connectivity index (χ3v) is 6.48. The number of rotatable bonds is 2. The lowest BCUT2D eigenvalue weighted by atomic mass is 10.1. The van der Waals surface area contributed by atoms with Crippen molar-refractivity contribution in [3.05, 3.63) is 41.5 Å². The molecular formula is C16H17NO2S. The van der Waals surface area contributed by atoms with Crippen LogP contribution in [0.4, 0.5) is 0 Å². The molecule has 0 saturated carbocycles. The first kappa shape index (κ1) is 12.4. The topological polar surface area (TPSA) is 37.4 Å². The standard InChI is InChI=1S/C16H17NO2S/c18-20(19,17-10-1-2-11-17)15-9-8-13-7-6-12-4-3-5-14(15)16(12)13/h3-5,8-9H,1-2,6-7,10-11H2. The lowest BCUT2D eigenvalue weighted by molar-refractivity contribution is 0.478. The molecule has 3 nitrogen and oxygen atoms in total. The molecule has 0 N–H and O–H groups in total. The fourth-order valence-electron chi connectivity index (χ4n) is 3.51. The van der Waals surface area contributed by atoms with Gasteiger partial charge in [-0.2, -0.15) is 4.31 Å². The third-order valence-electron chi connectivity index (χ3n) is 4.52. The van der Waals surface area contributed by atoms with E-state index in [4.69, 9.17) is 0 Å². The Hall–Kier alpha value is -1.39. The van der Waals surface area contributed by atoms with E-state index in [-0.39, 0.29) is 0 Å². The number of aryl methyl sites for hydroxylation is 2. The first-order valence-corrected chi connectivity index (χ1v) is 8.65. The molecule has 0 aromatic heterocycles. The molecule has 2 aromatic rings. The maximum absolute atomic E-state index is 12.8. The molecule has 4 rings (SSSR count). The maximum atomic E-state index is 12.8. The van der Waals surface area contributed by atoms with E-state index in [9.17, 15) is 8.42 Å². The van der Waals surface area contributed by atoms with Gasteiger partial charge in [0.05, 0.1) is 4.90 Å². The van der Waals surface area contributed by atoms with Crippen molar-refractivity contribution in [1.82, 2.24) is 4.31 Å². The van der Waals surface area contributed by atoms with Crippen LogP contribution in [0.15, 0.2) is 35.2 Å². The van der Waals surface area contributed by atoms with Crippen LogP contribution in [-0.2, 0) is 22.9 Å². The van der Waals surface area contributed by atoms with Gasteiger partial charge in [0, 0.05) is 18.5 Å². The van der Waals surface area contributed by atoms with Gasteiger partial charge in [-0.3, -0.25) is 0 Å². The van der Waals surface area contributed by atoms with Gasteiger partial charge in [-0.25, -0.2) is 8.42 Å². The fraction of sp³-hybridized carbons (Fsp3) is 0.375. The zero-order valence-corrected chi connectivity index (χ0v) is 12.1. The summed E-state index contributed by atoms with van der Waals surface area (Å²) in [5.41, 5.74) is 2.58. The highest BCUT2D eigenvalue weighted by atomic mass is 32.2. The van der Waals surface area contributed by atoms with Crippen LogP contribution < -0.4 is 0 Å². The summed E-state index contributed by atoms with van der Waals surface area (Å²) in [7, 11) is -3.34. The zero-order chi connectivity index (χ0) is 13.7. The van der Waals surface area contributed by atoms with E-state index in [1.165, 1.54) is 16.5 Å². The molecule has 20 heavy (non-hydrogen) atoms. The van der Waals surface area contributed by atoms with Crippen molar-refractivity contribution in [1.29, 1.82) is 0 Å². The average Bonchev–Trinajstić information content (AvgIpc) is 3.10. The molecule has 1 aliphatic heterocycles. The van der Waals surface area contributed by atoms with Gasteiger partial charge in [0.15, 0.2) is 0 Å². The minimum Gasteiger partial charge on any atom is -0.207 e. The molecule has 1 aliphatic carbocycles. The molecule has 0 bridgehead atoms. The van der Waals surface area contributed by atoms with E-state index >= 15 is 0 Å². The van der Waals surface area contributed by atoms with Gasteiger partial charge < -0.3 is 0 Å². The summed E-state index contributed by atoms with van der Waals surface area (Å²) >= 11 is 0. The van der Waals surface area contributed by atoms with Crippen molar-refractivity contribution in [2.24, 2.45) is 0 Å². The van der Waals surface area contributed by atoms with Gasteiger partial charge in [-0.15, -0.1) is 0 Å². The molecule has 0 unspecified atom stereocenters. The fourth-order valence-corrected chi connectivity index (χ4v) is 5.22. The molecule has 1 heterocycles. The number of hydrogen-bond acceptors (Lipinski definition) is 2. The van der Waals surface area contributed by atoms with Gasteiger partial charge in [-0.05, 0) is 48.3 Å². The number of sulfonamides is 1. The molecule has 0 radical (unpaired) electrons. The SMILES string of the molecule is O=S(=O)(c1ccc2c3c(cccc13)CC2)N1CCCC1. The second-order valence-corrected chi connectivity index (χ2v) is 7.58. The smallest absolute Gasteiger partial charge is 0.207 e. The van der Waals surface area contributed by atoms with Crippen LogP contribution in [0.3, 0.4) is 0 Å². The van der Waals surface area contributed by atoms with Crippen LogP contribution in [0.1, 0.15) is 24.0 Å². The minimum absolute atomic E-state index is 0.488. The molecule has 0 atom stereocenters. The third kappa shape index (κ3) is 1.64. The van der Waals surface area contributed by atoms with Crippen LogP contribution in [0, 0.1) is 0 Å². The summed E-state index contributed by atoms with van der Waals surface area (Å²) in [6.07, 6.45) is 4.00. The molecular weight excluding hydrogens is 270 g/mol. The predicted octanol–water partition coefficient (Wildman–Crippen LogP) is 2.72. The summed E-state index contributed by atoms with van der Waals surface area (Å²) in [5, 5.41) is 2.08. The summed E-state index contributed by atoms with van der Waals surface area (Å²) in [6, 6.07) is 9.86. The maximum Gasteiger partial charge on any atom is 0.243 e. The second kappa shape index (κ2) is 4.30. The Morgan fingerprint density at radius 3 is 2.35 bits per heavy atom. The average molecular weight is 287 g/mol. The van der Waals surface area contributed by atoms with Crippen molar-refractivity contribution >= 4 is 20.8 Å². The summed E-state index contributed by atoms with van der Waals surface area (Å²) in [5.74, 6) is 0. The zero-order valence-electron chi connectivity index (χ0n) is 11.3. The first-order chi connectivity index (χ1) is 9.68. The lowest BCUT2D eigenvalue weighted by Gasteiger charge is -2.17. The summed E-state index contributed by atoms with van der Waals surface area (Å²) in [6.45, 7) is 1.32. The molecule has 2 aromatic carbocycles. The van der Waals surface area contributed by atoms with Crippen molar-refractivity contribution in [2.45, 2.75) is 30.6 Å². The molecule has 0 amide bonds. The monoisotopic (exact) mass is 287 g/mol. The highest BCUT2D eigenvalue weighted by Gasteiger charge is 2.29. The highest BCUT2D eigenvalue weighted by Crippen LogP contribution is 2.35. The molecule has 1 fully saturated rings. The van der Waals surface area contributed by atoms with Crippen LogP contribution in [0.5, 0.6) is 0 Å². The minimum atomic E-state index is -3.34. The summed E-state index contributed by atoms with van der Waals surface area (Å²) in [4.78, 5) is 0.488. The van der Waals surface area contributed by atoms with E-state index in [1.807, 2.05) is 18.2 Å². The van der Waals surface area contributed by atoms with Crippen LogP contribution >= 0.6 is 0 Å². The van der Waals surface area contributed by atoms with E-state index in [2.05, 4.69) is 6.07 Å². The number of benzene rings is 2. The van der Waals surface area contributed by atoms with Gasteiger partial charge in [-0.1, -0.05) is 24.3 Å². The Morgan fingerprint density at radius 1 is 0.900 bits per heavy atom. The van der Waals surface area contributed by atoms with Gasteiger partial charge in [0.25, 0.3) is 0 Å². The van der Waals surface area contributed by atoms with E-state index < -0.39 is 10.0 Å². The molecule has 0 spiro atoms. The Kier molecular flexibility index (Phi) is 2.66. The van der Waals surface area contributed by atoms with Crippen molar-refractivity contribution in [2.75, 3.05) is 13.1 Å². The Labute approximate surface area is 119 Å². The molecule has 104 valence electrons. The normalized spacial score (nSPS) is 19.0. The second-order valence-electron chi connectivity index (χ2n) is 5.67. The quantitative estimate of drug-likeness (QED) is 0.851. The Morgan fingerprint density at radius 2 is 1.60 bits per heavy atom. The highest BCUT2D eigenvalue weighted by molar-refractivity contribution is 7.89. The van der Waals surface area contributed by atoms with Crippen LogP contribution in [-0.4, -0.2) is 25.8 Å². The van der Waals surface area contributed by atoms with Gasteiger partial charge in [0.2, 0.25) is 10.0 Å². The Bertz CT molecular complexity index is 779. The largest absolute Gasteiger partial charge is 0.243 e. The van der Waals surface area contributed by atoms with Crippen molar-refractivity contribution in [3.63, 3.8) is 0 Å². The lowest BCUT2D eigenvalue weighted by Crippen LogP contribution is -2.28. The number of hydrogen-bond donors (Lipinski definition) is 0. The van der Waals surface area contributed by atoms with E-state index in [1.54, 1.807) is 10.4 Å². The number of nitrogens with zero attached hydrogens (tertiary/aromatic N) is 1. The molecule has 1 saturated heterocycles. The predicted molar refractivity (Wildman–Crippen MR) is 79.3 cm³/mol. The molecule has 4 heteroatoms.